The van der Waals surface area contributed by atoms with Gasteiger partial charge < -0.3 is 9.30 Å². The fourth-order valence-electron chi connectivity index (χ4n) is 3.93. The number of carbonyl (C=O) groups excluding carboxylic acids is 1. The van der Waals surface area contributed by atoms with Gasteiger partial charge in [-0.1, -0.05) is 18.2 Å². The maximum Gasteiger partial charge on any atom is 0.169 e. The van der Waals surface area contributed by atoms with Gasteiger partial charge in [-0.3, -0.25) is 9.69 Å². The Hall–Kier alpha value is -1.65. The molecule has 0 bridgehead atoms. The van der Waals surface area contributed by atoms with E-state index >= 15 is 0 Å². The van der Waals surface area contributed by atoms with Crippen LogP contribution in [0.15, 0.2) is 24.3 Å². The summed E-state index contributed by atoms with van der Waals surface area (Å²) < 4.78 is 7.60. The second-order valence-corrected chi connectivity index (χ2v) is 6.41. The van der Waals surface area contributed by atoms with Crippen LogP contribution in [0.5, 0.6) is 0 Å². The van der Waals surface area contributed by atoms with E-state index < -0.39 is 0 Å². The van der Waals surface area contributed by atoms with E-state index in [1.807, 2.05) is 12.1 Å². The number of hydrogen-bond donors (Lipinski definition) is 0. The largest absolute Gasteiger partial charge is 0.379 e. The van der Waals surface area contributed by atoms with Gasteiger partial charge >= 0.3 is 0 Å². The molecule has 0 unspecified atom stereocenters. The maximum atomic E-state index is 13.0. The first-order chi connectivity index (χ1) is 10.8. The van der Waals surface area contributed by atoms with Crippen LogP contribution >= 0.6 is 0 Å². The third-order valence-electron chi connectivity index (χ3n) is 5.16. The van der Waals surface area contributed by atoms with Crippen LogP contribution in [0, 0.1) is 5.92 Å². The highest BCUT2D eigenvalue weighted by Gasteiger charge is 2.33. The summed E-state index contributed by atoms with van der Waals surface area (Å²) in [6.45, 7) is 4.37. The lowest BCUT2D eigenvalue weighted by molar-refractivity contribution is 0.0291. The van der Waals surface area contributed by atoms with E-state index in [4.69, 9.17) is 4.74 Å². The molecule has 0 spiro atoms. The molecule has 0 amide bonds. The second-order valence-electron chi connectivity index (χ2n) is 6.41. The number of morpholine rings is 1. The predicted octanol–water partition coefficient (Wildman–Crippen LogP) is 2.26. The molecule has 1 atom stereocenters. The lowest BCUT2D eigenvalue weighted by Gasteiger charge is -2.31. The molecule has 4 rings (SSSR count). The van der Waals surface area contributed by atoms with Crippen molar-refractivity contribution in [2.45, 2.75) is 12.8 Å². The number of Topliss-reactive ketones (excluding diaryl/α,β-unsaturated/α-hetero) is 1. The third-order valence-corrected chi connectivity index (χ3v) is 5.16. The average molecular weight is 298 g/mol. The van der Waals surface area contributed by atoms with E-state index in [0.717, 1.165) is 56.6 Å². The molecule has 116 valence electrons. The number of aryl methyl sites for hydroxylation is 1. The van der Waals surface area contributed by atoms with Gasteiger partial charge in [-0.15, -0.1) is 0 Å². The topological polar surface area (TPSA) is 34.5 Å². The van der Waals surface area contributed by atoms with Crippen molar-refractivity contribution < 1.29 is 9.53 Å². The Labute approximate surface area is 130 Å². The molecule has 0 N–H and O–H groups in total. The van der Waals surface area contributed by atoms with Crippen molar-refractivity contribution in [3.8, 4) is 0 Å². The fraction of sp³-hybridized carbons (Fsp3) is 0.500. The van der Waals surface area contributed by atoms with Gasteiger partial charge in [0, 0.05) is 54.8 Å². The number of fused-ring (bicyclic) bond motifs is 3. The second kappa shape index (κ2) is 5.52. The molecule has 2 aliphatic rings. The summed E-state index contributed by atoms with van der Waals surface area (Å²) in [5.41, 5.74) is 3.36. The minimum absolute atomic E-state index is 0.136. The molecule has 1 aromatic heterocycles. The van der Waals surface area contributed by atoms with Gasteiger partial charge in [0.2, 0.25) is 0 Å². The number of nitrogens with zero attached hydrogens (tertiary/aromatic N) is 2. The molecule has 0 saturated carbocycles. The van der Waals surface area contributed by atoms with Gasteiger partial charge in [-0.05, 0) is 18.9 Å². The summed E-state index contributed by atoms with van der Waals surface area (Å²) in [6, 6.07) is 8.27. The minimum Gasteiger partial charge on any atom is -0.379 e. The van der Waals surface area contributed by atoms with E-state index in [2.05, 4.69) is 28.6 Å². The molecular formula is C18H22N2O2. The predicted molar refractivity (Wildman–Crippen MR) is 86.3 cm³/mol. The highest BCUT2D eigenvalue weighted by Crippen LogP contribution is 2.34. The lowest BCUT2D eigenvalue weighted by atomic mass is 9.84. The number of ether oxygens (including phenoxy) is 1. The van der Waals surface area contributed by atoms with Crippen LogP contribution in [0.1, 0.15) is 22.5 Å². The molecule has 2 aromatic rings. The molecule has 2 heterocycles. The van der Waals surface area contributed by atoms with Crippen molar-refractivity contribution in [2.24, 2.45) is 13.0 Å². The average Bonchev–Trinajstić information content (AvgIpc) is 2.85. The van der Waals surface area contributed by atoms with Crippen molar-refractivity contribution in [1.29, 1.82) is 0 Å². The number of aromatic nitrogens is 1. The highest BCUT2D eigenvalue weighted by molar-refractivity contribution is 6.11. The third kappa shape index (κ3) is 2.18. The monoisotopic (exact) mass is 298 g/mol. The van der Waals surface area contributed by atoms with Gasteiger partial charge in [-0.25, -0.2) is 0 Å². The number of carbonyl (C=O) groups is 1. The lowest BCUT2D eigenvalue weighted by Crippen LogP contribution is -2.42. The van der Waals surface area contributed by atoms with Crippen LogP contribution in [-0.2, 0) is 18.2 Å². The van der Waals surface area contributed by atoms with Crippen LogP contribution in [0.3, 0.4) is 0 Å². The van der Waals surface area contributed by atoms with Crippen LogP contribution in [-0.4, -0.2) is 48.1 Å². The molecule has 1 aromatic carbocycles. The normalized spacial score (nSPS) is 23.0. The number of hydrogen-bond acceptors (Lipinski definition) is 3. The number of para-hydroxylation sites is 1. The van der Waals surface area contributed by atoms with Crippen LogP contribution in [0.2, 0.25) is 0 Å². The first kappa shape index (κ1) is 14.0. The molecule has 1 fully saturated rings. The number of benzene rings is 1. The first-order valence-electron chi connectivity index (χ1n) is 8.16. The summed E-state index contributed by atoms with van der Waals surface area (Å²) in [7, 11) is 2.08. The van der Waals surface area contributed by atoms with Crippen molar-refractivity contribution in [3.05, 3.63) is 35.5 Å². The molecule has 22 heavy (non-hydrogen) atoms. The molecule has 1 aliphatic carbocycles. The summed E-state index contributed by atoms with van der Waals surface area (Å²) in [5, 5.41) is 1.12. The van der Waals surface area contributed by atoms with E-state index in [-0.39, 0.29) is 5.92 Å². The molecular weight excluding hydrogens is 276 g/mol. The minimum atomic E-state index is 0.136. The van der Waals surface area contributed by atoms with Gasteiger partial charge in [-0.2, -0.15) is 0 Å². The van der Waals surface area contributed by atoms with E-state index in [1.165, 1.54) is 11.2 Å². The Balaban J connectivity index is 1.66. The fourth-order valence-corrected chi connectivity index (χ4v) is 3.93. The standard InChI is InChI=1S/C18H22N2O2/c1-19-15-5-3-2-4-14(15)17-16(19)7-6-13(18(17)21)12-20-8-10-22-11-9-20/h2-5,13H,6-12H2,1H3/t13-/m1/s1. The zero-order valence-corrected chi connectivity index (χ0v) is 13.0. The van der Waals surface area contributed by atoms with Gasteiger partial charge in [0.05, 0.1) is 13.2 Å². The molecule has 0 radical (unpaired) electrons. The molecule has 4 heteroatoms. The quantitative estimate of drug-likeness (QED) is 0.853. The summed E-state index contributed by atoms with van der Waals surface area (Å²) >= 11 is 0. The Morgan fingerprint density at radius 1 is 1.23 bits per heavy atom. The van der Waals surface area contributed by atoms with Crippen LogP contribution < -0.4 is 0 Å². The summed E-state index contributed by atoms with van der Waals surface area (Å²) in [4.78, 5) is 15.4. The zero-order valence-electron chi connectivity index (χ0n) is 13.0. The maximum absolute atomic E-state index is 13.0. The number of ketones is 1. The Morgan fingerprint density at radius 2 is 2.00 bits per heavy atom. The van der Waals surface area contributed by atoms with Crippen LogP contribution in [0.25, 0.3) is 10.9 Å². The smallest absolute Gasteiger partial charge is 0.169 e. The van der Waals surface area contributed by atoms with Crippen molar-refractivity contribution in [2.75, 3.05) is 32.8 Å². The van der Waals surface area contributed by atoms with Crippen molar-refractivity contribution in [3.63, 3.8) is 0 Å². The Kier molecular flexibility index (Phi) is 3.51. The Morgan fingerprint density at radius 3 is 2.82 bits per heavy atom. The molecule has 4 nitrogen and oxygen atoms in total. The van der Waals surface area contributed by atoms with Gasteiger partial charge in [0.15, 0.2) is 5.78 Å². The van der Waals surface area contributed by atoms with E-state index in [0.29, 0.717) is 5.78 Å². The first-order valence-corrected chi connectivity index (χ1v) is 8.16. The number of rotatable bonds is 2. The van der Waals surface area contributed by atoms with Crippen molar-refractivity contribution in [1.82, 2.24) is 9.47 Å². The molecule has 1 saturated heterocycles. The highest BCUT2D eigenvalue weighted by atomic mass is 16.5. The summed E-state index contributed by atoms with van der Waals surface area (Å²) in [6.07, 6.45) is 1.97. The van der Waals surface area contributed by atoms with Crippen LogP contribution in [0.4, 0.5) is 0 Å². The van der Waals surface area contributed by atoms with Crippen molar-refractivity contribution >= 4 is 16.7 Å². The van der Waals surface area contributed by atoms with E-state index in [1.54, 1.807) is 0 Å². The van der Waals surface area contributed by atoms with E-state index in [9.17, 15) is 4.79 Å². The zero-order chi connectivity index (χ0) is 15.1. The van der Waals surface area contributed by atoms with Gasteiger partial charge in [0.25, 0.3) is 0 Å². The van der Waals surface area contributed by atoms with Gasteiger partial charge in [0.1, 0.15) is 0 Å². The summed E-state index contributed by atoms with van der Waals surface area (Å²) in [5.74, 6) is 0.473. The molecule has 1 aliphatic heterocycles. The Bertz CT molecular complexity index is 713. The SMILES string of the molecule is Cn1c2c(c3ccccc31)C(=O)[C@@H](CN1CCOCC1)CC2.